The number of aliphatic carboxylic acids is 1. The molecule has 0 saturated heterocycles. The van der Waals surface area contributed by atoms with Crippen LogP contribution in [0.2, 0.25) is 0 Å². The summed E-state index contributed by atoms with van der Waals surface area (Å²) in [6.45, 7) is 1.83. The largest absolute Gasteiger partial charge is 0.481 e. The SMILES string of the molecule is Cc1nsc(SC(CC(=O)O)c2ccccc2)n1. The van der Waals surface area contributed by atoms with Crippen LogP contribution in [0, 0.1) is 6.92 Å². The third-order valence-corrected chi connectivity index (χ3v) is 4.41. The number of carbonyl (C=O) groups is 1. The standard InChI is InChI=1S/C12H12N2O2S2/c1-8-13-12(18-14-8)17-10(7-11(15)16)9-5-3-2-4-6-9/h2-6,10H,7H2,1H3,(H,15,16). The van der Waals surface area contributed by atoms with Gasteiger partial charge < -0.3 is 5.11 Å². The number of aryl methyl sites for hydroxylation is 1. The van der Waals surface area contributed by atoms with Crippen molar-refractivity contribution in [2.45, 2.75) is 22.9 Å². The number of carboxylic acids is 1. The molecule has 0 saturated carbocycles. The monoisotopic (exact) mass is 280 g/mol. The average Bonchev–Trinajstić information content (AvgIpc) is 2.75. The van der Waals surface area contributed by atoms with Crippen molar-refractivity contribution in [1.82, 2.24) is 9.36 Å². The van der Waals surface area contributed by atoms with E-state index in [9.17, 15) is 4.79 Å². The van der Waals surface area contributed by atoms with Gasteiger partial charge >= 0.3 is 5.97 Å². The summed E-state index contributed by atoms with van der Waals surface area (Å²) in [5.74, 6) is -0.0813. The molecule has 0 fully saturated rings. The predicted molar refractivity (Wildman–Crippen MR) is 71.9 cm³/mol. The summed E-state index contributed by atoms with van der Waals surface area (Å²) in [7, 11) is 0. The summed E-state index contributed by atoms with van der Waals surface area (Å²) in [5.41, 5.74) is 0.998. The fraction of sp³-hybridized carbons (Fsp3) is 0.250. The van der Waals surface area contributed by atoms with Gasteiger partial charge in [0.2, 0.25) is 0 Å². The van der Waals surface area contributed by atoms with Gasteiger partial charge in [0.25, 0.3) is 0 Å². The summed E-state index contributed by atoms with van der Waals surface area (Å²) in [4.78, 5) is 15.2. The lowest BCUT2D eigenvalue weighted by Crippen LogP contribution is -2.03. The van der Waals surface area contributed by atoms with E-state index >= 15 is 0 Å². The first-order valence-corrected chi connectivity index (χ1v) is 7.04. The second-order valence-corrected chi connectivity index (χ2v) is 5.92. The van der Waals surface area contributed by atoms with Crippen molar-refractivity contribution < 1.29 is 9.90 Å². The van der Waals surface area contributed by atoms with Crippen molar-refractivity contribution in [2.75, 3.05) is 0 Å². The number of benzene rings is 1. The van der Waals surface area contributed by atoms with Crippen LogP contribution in [0.5, 0.6) is 0 Å². The Labute approximate surface area is 113 Å². The van der Waals surface area contributed by atoms with Crippen molar-refractivity contribution >= 4 is 29.3 Å². The number of aromatic nitrogens is 2. The first-order chi connectivity index (χ1) is 8.65. The van der Waals surface area contributed by atoms with Crippen LogP contribution in [0.1, 0.15) is 23.1 Å². The third-order valence-electron chi connectivity index (χ3n) is 2.28. The van der Waals surface area contributed by atoms with E-state index in [1.165, 1.54) is 23.3 Å². The van der Waals surface area contributed by atoms with E-state index in [-0.39, 0.29) is 11.7 Å². The van der Waals surface area contributed by atoms with Crippen LogP contribution >= 0.6 is 23.3 Å². The van der Waals surface area contributed by atoms with Crippen molar-refractivity contribution in [2.24, 2.45) is 0 Å². The molecule has 1 atom stereocenters. The van der Waals surface area contributed by atoms with Crippen LogP contribution < -0.4 is 0 Å². The van der Waals surface area contributed by atoms with Gasteiger partial charge in [-0.1, -0.05) is 42.1 Å². The zero-order chi connectivity index (χ0) is 13.0. The van der Waals surface area contributed by atoms with Crippen molar-refractivity contribution in [3.63, 3.8) is 0 Å². The average molecular weight is 280 g/mol. The lowest BCUT2D eigenvalue weighted by Gasteiger charge is -2.12. The normalized spacial score (nSPS) is 12.3. The molecule has 4 nitrogen and oxygen atoms in total. The van der Waals surface area contributed by atoms with E-state index in [1.807, 2.05) is 37.3 Å². The molecular weight excluding hydrogens is 268 g/mol. The van der Waals surface area contributed by atoms with Gasteiger partial charge in [-0.05, 0) is 24.0 Å². The Kier molecular flexibility index (Phi) is 4.33. The molecule has 0 bridgehead atoms. The molecule has 1 unspecified atom stereocenters. The Morgan fingerprint density at radius 2 is 2.17 bits per heavy atom. The third kappa shape index (κ3) is 3.54. The summed E-state index contributed by atoms with van der Waals surface area (Å²) in [5, 5.41) is 8.85. The van der Waals surface area contributed by atoms with E-state index in [0.29, 0.717) is 0 Å². The maximum atomic E-state index is 10.9. The summed E-state index contributed by atoms with van der Waals surface area (Å²) < 4.78 is 4.91. The minimum atomic E-state index is -0.808. The van der Waals surface area contributed by atoms with Crippen molar-refractivity contribution in [3.8, 4) is 0 Å². The molecule has 1 aromatic carbocycles. The molecule has 6 heteroatoms. The van der Waals surface area contributed by atoms with Gasteiger partial charge in [-0.3, -0.25) is 4.79 Å². The first-order valence-electron chi connectivity index (χ1n) is 5.39. The fourth-order valence-corrected chi connectivity index (χ4v) is 3.51. The Morgan fingerprint density at radius 1 is 1.44 bits per heavy atom. The number of carboxylic acid groups (broad SMARTS) is 1. The van der Waals surface area contributed by atoms with Crippen molar-refractivity contribution in [3.05, 3.63) is 41.7 Å². The van der Waals surface area contributed by atoms with E-state index in [2.05, 4.69) is 9.36 Å². The van der Waals surface area contributed by atoms with E-state index in [1.54, 1.807) is 0 Å². The van der Waals surface area contributed by atoms with Crippen LogP contribution in [0.4, 0.5) is 0 Å². The van der Waals surface area contributed by atoms with Gasteiger partial charge in [0, 0.05) is 5.25 Å². The van der Waals surface area contributed by atoms with E-state index in [0.717, 1.165) is 15.7 Å². The molecule has 0 radical (unpaired) electrons. The molecule has 94 valence electrons. The highest BCUT2D eigenvalue weighted by molar-refractivity contribution is 8.01. The predicted octanol–water partition coefficient (Wildman–Crippen LogP) is 3.15. The summed E-state index contributed by atoms with van der Waals surface area (Å²) in [6, 6.07) is 9.62. The lowest BCUT2D eigenvalue weighted by atomic mass is 10.1. The molecule has 1 heterocycles. The molecule has 0 aliphatic heterocycles. The zero-order valence-corrected chi connectivity index (χ0v) is 11.4. The number of nitrogens with zero attached hydrogens (tertiary/aromatic N) is 2. The van der Waals surface area contributed by atoms with Gasteiger partial charge in [0.05, 0.1) is 6.42 Å². The molecule has 0 amide bonds. The maximum Gasteiger partial charge on any atom is 0.304 e. The van der Waals surface area contributed by atoms with Gasteiger partial charge in [-0.25, -0.2) is 4.98 Å². The molecule has 2 aromatic rings. The number of hydrogen-bond donors (Lipinski definition) is 1. The number of rotatable bonds is 5. The molecule has 0 aliphatic rings. The smallest absolute Gasteiger partial charge is 0.304 e. The Hall–Kier alpha value is -1.40. The summed E-state index contributed by atoms with van der Waals surface area (Å²) in [6.07, 6.45) is 0.0767. The second kappa shape index (κ2) is 5.97. The van der Waals surface area contributed by atoms with Gasteiger partial charge in [-0.2, -0.15) is 4.37 Å². The summed E-state index contributed by atoms with van der Waals surface area (Å²) >= 11 is 2.76. The molecule has 1 N–H and O–H groups in total. The van der Waals surface area contributed by atoms with Gasteiger partial charge in [-0.15, -0.1) is 0 Å². The number of thioether (sulfide) groups is 1. The maximum absolute atomic E-state index is 10.9. The van der Waals surface area contributed by atoms with Crippen LogP contribution in [0.3, 0.4) is 0 Å². The molecular formula is C12H12N2O2S2. The van der Waals surface area contributed by atoms with Crippen LogP contribution in [0.25, 0.3) is 0 Å². The minimum absolute atomic E-state index is 0.0767. The van der Waals surface area contributed by atoms with E-state index in [4.69, 9.17) is 5.11 Å². The highest BCUT2D eigenvalue weighted by atomic mass is 32.2. The molecule has 0 aliphatic carbocycles. The zero-order valence-electron chi connectivity index (χ0n) is 9.74. The molecule has 1 aromatic heterocycles. The Balaban J connectivity index is 2.18. The van der Waals surface area contributed by atoms with E-state index < -0.39 is 5.97 Å². The van der Waals surface area contributed by atoms with Gasteiger partial charge in [0.15, 0.2) is 4.34 Å². The lowest BCUT2D eigenvalue weighted by molar-refractivity contribution is -0.137. The quantitative estimate of drug-likeness (QED) is 0.852. The molecule has 0 spiro atoms. The van der Waals surface area contributed by atoms with Crippen LogP contribution in [0.15, 0.2) is 34.7 Å². The van der Waals surface area contributed by atoms with Crippen LogP contribution in [-0.4, -0.2) is 20.4 Å². The Morgan fingerprint density at radius 3 is 2.72 bits per heavy atom. The minimum Gasteiger partial charge on any atom is -0.481 e. The topological polar surface area (TPSA) is 63.1 Å². The highest BCUT2D eigenvalue weighted by Crippen LogP contribution is 2.38. The Bertz CT molecular complexity index is 528. The number of hydrogen-bond acceptors (Lipinski definition) is 5. The molecule has 18 heavy (non-hydrogen) atoms. The first kappa shape index (κ1) is 13.0. The van der Waals surface area contributed by atoms with Crippen LogP contribution in [-0.2, 0) is 4.79 Å². The second-order valence-electron chi connectivity index (χ2n) is 3.72. The fourth-order valence-electron chi connectivity index (χ4n) is 1.50. The van der Waals surface area contributed by atoms with Crippen molar-refractivity contribution in [1.29, 1.82) is 0 Å². The highest BCUT2D eigenvalue weighted by Gasteiger charge is 2.18. The van der Waals surface area contributed by atoms with Gasteiger partial charge in [0.1, 0.15) is 5.82 Å². The molecule has 2 rings (SSSR count).